The van der Waals surface area contributed by atoms with E-state index in [-0.39, 0.29) is 36.6 Å². The maximum atomic E-state index is 13.0. The van der Waals surface area contributed by atoms with Gasteiger partial charge in [0.05, 0.1) is 29.6 Å². The number of carbonyl (C=O) groups excluding carboxylic acids is 2. The highest BCUT2D eigenvalue weighted by Gasteiger charge is 2.54. The van der Waals surface area contributed by atoms with E-state index in [1.54, 1.807) is 0 Å². The van der Waals surface area contributed by atoms with Crippen molar-refractivity contribution in [2.45, 2.75) is 95.8 Å². The van der Waals surface area contributed by atoms with Crippen LogP contribution in [0.5, 0.6) is 0 Å². The van der Waals surface area contributed by atoms with Gasteiger partial charge >= 0.3 is 7.12 Å². The summed E-state index contributed by atoms with van der Waals surface area (Å²) in [6.45, 7) is 9.50. The lowest BCUT2D eigenvalue weighted by molar-refractivity contribution is -0.135. The topological polar surface area (TPSA) is 93.9 Å². The average molecular weight is 494 g/mol. The number of rotatable bonds is 9. The van der Waals surface area contributed by atoms with Crippen LogP contribution in [0.1, 0.15) is 71.8 Å². The molecule has 34 heavy (non-hydrogen) atoms. The molecule has 0 bridgehead atoms. The summed E-state index contributed by atoms with van der Waals surface area (Å²) in [5.41, 5.74) is 6.42. The normalized spacial score (nSPS) is 20.9. The van der Waals surface area contributed by atoms with E-state index in [0.717, 1.165) is 45.2 Å². The standard InChI is InChI=1S/C25H40BN3O4.ClH/c1-24(2)25(3,4)33-26(32-24)21(15-11-14-19-12-7-5-8-13-19)28-23(31)20(27)18-22(30)29-16-9-6-10-17-29;/h5,7-8,12-13,20-21H,6,9-11,14-18,27H2,1-4H3,(H,28,31);1H. The van der Waals surface area contributed by atoms with Crippen LogP contribution in [-0.2, 0) is 25.3 Å². The molecule has 9 heteroatoms. The van der Waals surface area contributed by atoms with E-state index in [1.807, 2.05) is 50.8 Å². The summed E-state index contributed by atoms with van der Waals surface area (Å²) in [6.07, 6.45) is 5.63. The Bertz CT molecular complexity index is 787. The number of piperidine rings is 1. The predicted molar refractivity (Wildman–Crippen MR) is 138 cm³/mol. The lowest BCUT2D eigenvalue weighted by atomic mass is 9.75. The molecule has 2 unspecified atom stereocenters. The van der Waals surface area contributed by atoms with Gasteiger partial charge in [0.25, 0.3) is 0 Å². The maximum Gasteiger partial charge on any atom is 0.481 e. The lowest BCUT2D eigenvalue weighted by Crippen LogP contribution is -2.53. The van der Waals surface area contributed by atoms with Crippen molar-refractivity contribution >= 4 is 31.3 Å². The predicted octanol–water partition coefficient (Wildman–Crippen LogP) is 3.28. The summed E-state index contributed by atoms with van der Waals surface area (Å²) >= 11 is 0. The van der Waals surface area contributed by atoms with E-state index in [4.69, 9.17) is 15.0 Å². The summed E-state index contributed by atoms with van der Waals surface area (Å²) in [4.78, 5) is 27.4. The zero-order valence-corrected chi connectivity index (χ0v) is 21.9. The molecule has 0 aliphatic carbocycles. The SMILES string of the molecule is CC1(C)OB(C(CCCc2ccccc2)NC(=O)C(N)CC(=O)N2CCCCC2)OC1(C)C.Cl. The number of halogens is 1. The van der Waals surface area contributed by atoms with Gasteiger partial charge in [0.1, 0.15) is 0 Å². The van der Waals surface area contributed by atoms with Gasteiger partial charge in [-0.3, -0.25) is 9.59 Å². The van der Waals surface area contributed by atoms with Crippen LogP contribution < -0.4 is 11.1 Å². The Morgan fingerprint density at radius 1 is 1.06 bits per heavy atom. The lowest BCUT2D eigenvalue weighted by Gasteiger charge is -2.32. The first-order valence-electron chi connectivity index (χ1n) is 12.3. The first-order chi connectivity index (χ1) is 15.6. The van der Waals surface area contributed by atoms with Gasteiger partial charge in [0, 0.05) is 13.1 Å². The van der Waals surface area contributed by atoms with Gasteiger partial charge in [-0.1, -0.05) is 30.3 Å². The van der Waals surface area contributed by atoms with Crippen LogP contribution in [0.4, 0.5) is 0 Å². The van der Waals surface area contributed by atoms with Gasteiger partial charge in [0.2, 0.25) is 11.8 Å². The molecule has 2 atom stereocenters. The molecule has 1 aromatic carbocycles. The third kappa shape index (κ3) is 7.44. The fourth-order valence-corrected chi connectivity index (χ4v) is 4.34. The first-order valence-corrected chi connectivity index (χ1v) is 12.3. The number of amides is 2. The molecule has 2 amide bonds. The van der Waals surface area contributed by atoms with Gasteiger partial charge < -0.3 is 25.3 Å². The van der Waals surface area contributed by atoms with Crippen molar-refractivity contribution in [3.8, 4) is 0 Å². The maximum absolute atomic E-state index is 13.0. The second kappa shape index (κ2) is 12.4. The summed E-state index contributed by atoms with van der Waals surface area (Å²) in [5.74, 6) is -0.730. The van der Waals surface area contributed by atoms with Gasteiger partial charge in [-0.15, -0.1) is 12.4 Å². The number of carbonyl (C=O) groups is 2. The Morgan fingerprint density at radius 2 is 1.65 bits per heavy atom. The van der Waals surface area contributed by atoms with Crippen molar-refractivity contribution in [2.75, 3.05) is 13.1 Å². The highest BCUT2D eigenvalue weighted by molar-refractivity contribution is 6.48. The summed E-state index contributed by atoms with van der Waals surface area (Å²) in [5, 5.41) is 3.04. The number of nitrogens with two attached hydrogens (primary N) is 1. The van der Waals surface area contributed by atoms with E-state index in [9.17, 15) is 9.59 Å². The smallest absolute Gasteiger partial charge is 0.402 e. The van der Waals surface area contributed by atoms with Gasteiger partial charge in [-0.2, -0.15) is 0 Å². The number of hydrogen-bond donors (Lipinski definition) is 2. The fraction of sp³-hybridized carbons (Fsp3) is 0.680. The van der Waals surface area contributed by atoms with Crippen LogP contribution in [-0.4, -0.2) is 60.1 Å². The molecule has 2 fully saturated rings. The third-order valence-corrected chi connectivity index (χ3v) is 7.19. The average Bonchev–Trinajstić information content (AvgIpc) is 3.01. The molecular formula is C25H41BClN3O4. The largest absolute Gasteiger partial charge is 0.481 e. The second-order valence-corrected chi connectivity index (χ2v) is 10.4. The molecule has 0 spiro atoms. The highest BCUT2D eigenvalue weighted by atomic mass is 35.5. The minimum absolute atomic E-state index is 0. The molecule has 0 aromatic heterocycles. The van der Waals surface area contributed by atoms with E-state index in [1.165, 1.54) is 5.56 Å². The molecule has 2 aliphatic rings. The quantitative estimate of drug-likeness (QED) is 0.515. The molecule has 0 radical (unpaired) electrons. The van der Waals surface area contributed by atoms with Crippen LogP contribution in [0.2, 0.25) is 0 Å². The van der Waals surface area contributed by atoms with Crippen LogP contribution >= 0.6 is 12.4 Å². The van der Waals surface area contributed by atoms with Gasteiger partial charge in [0.15, 0.2) is 0 Å². The first kappa shape index (κ1) is 28.6. The number of nitrogens with one attached hydrogen (secondary N) is 1. The monoisotopic (exact) mass is 493 g/mol. The minimum Gasteiger partial charge on any atom is -0.402 e. The third-order valence-electron chi connectivity index (χ3n) is 7.19. The molecule has 2 heterocycles. The number of likely N-dealkylation sites (tertiary alicyclic amines) is 1. The van der Waals surface area contributed by atoms with Gasteiger partial charge in [-0.05, 0) is 71.8 Å². The van der Waals surface area contributed by atoms with Gasteiger partial charge in [-0.25, -0.2) is 0 Å². The van der Waals surface area contributed by atoms with E-state index in [0.29, 0.717) is 6.42 Å². The minimum atomic E-state index is -0.890. The molecule has 7 nitrogen and oxygen atoms in total. The van der Waals surface area contributed by atoms with Crippen molar-refractivity contribution in [1.82, 2.24) is 10.2 Å². The Balaban J connectivity index is 0.00000408. The van der Waals surface area contributed by atoms with E-state index < -0.39 is 24.4 Å². The zero-order chi connectivity index (χ0) is 24.1. The summed E-state index contributed by atoms with van der Waals surface area (Å²) in [7, 11) is -0.570. The fourth-order valence-electron chi connectivity index (χ4n) is 4.34. The highest BCUT2D eigenvalue weighted by Crippen LogP contribution is 2.38. The van der Waals surface area contributed by atoms with E-state index >= 15 is 0 Å². The Morgan fingerprint density at radius 3 is 2.24 bits per heavy atom. The van der Waals surface area contributed by atoms with Crippen LogP contribution in [0.25, 0.3) is 0 Å². The van der Waals surface area contributed by atoms with Crippen molar-refractivity contribution in [3.05, 3.63) is 35.9 Å². The molecule has 190 valence electrons. The van der Waals surface area contributed by atoms with Crippen molar-refractivity contribution in [3.63, 3.8) is 0 Å². The second-order valence-electron chi connectivity index (χ2n) is 10.4. The number of nitrogens with zero attached hydrogens (tertiary/aromatic N) is 1. The zero-order valence-electron chi connectivity index (χ0n) is 21.0. The molecule has 3 N–H and O–H groups in total. The van der Waals surface area contributed by atoms with Crippen LogP contribution in [0.3, 0.4) is 0 Å². The Kier molecular flexibility index (Phi) is 10.4. The molecule has 2 aliphatic heterocycles. The van der Waals surface area contributed by atoms with Crippen LogP contribution in [0, 0.1) is 0 Å². The number of hydrogen-bond acceptors (Lipinski definition) is 5. The molecule has 2 saturated heterocycles. The summed E-state index contributed by atoms with van der Waals surface area (Å²) < 4.78 is 12.5. The van der Waals surface area contributed by atoms with E-state index in [2.05, 4.69) is 17.4 Å². The van der Waals surface area contributed by atoms with Crippen LogP contribution in [0.15, 0.2) is 30.3 Å². The van der Waals surface area contributed by atoms with Crippen molar-refractivity contribution in [2.24, 2.45) is 5.73 Å². The Labute approximate surface area is 211 Å². The summed E-state index contributed by atoms with van der Waals surface area (Å²) in [6, 6.07) is 9.37. The van der Waals surface area contributed by atoms with Crippen molar-refractivity contribution in [1.29, 1.82) is 0 Å². The molecule has 0 saturated carbocycles. The molecule has 1 aromatic rings. The molecule has 3 rings (SSSR count). The molecular weight excluding hydrogens is 453 g/mol. The number of benzene rings is 1. The number of aryl methyl sites for hydroxylation is 1. The Hall–Kier alpha value is -1.61. The van der Waals surface area contributed by atoms with Crippen molar-refractivity contribution < 1.29 is 18.9 Å².